The predicted molar refractivity (Wildman–Crippen MR) is 106 cm³/mol. The highest BCUT2D eigenvalue weighted by molar-refractivity contribution is 7.90. The molecule has 3 aromatic rings. The number of carboxylic acid groups (broad SMARTS) is 1. The molecule has 0 aliphatic rings. The fourth-order valence-corrected chi connectivity index (χ4v) is 2.87. The molecular formula is C19H19F3N4O4S. The standard InChI is InChI=1S/C17H18N4O2S.C2HF3O2/c1-11(2)16-10-20-17(21-16)15-7-12(4-5-19-15)13-6-14(9-18-8-13)24(3,22)23;3-2(4,5)1(6)7/h4-11H,1-3H3,(H,20,21);(H,6,7). The Morgan fingerprint density at radius 3 is 2.26 bits per heavy atom. The van der Waals surface area contributed by atoms with Crippen molar-refractivity contribution >= 4 is 15.8 Å². The molecule has 0 saturated heterocycles. The summed E-state index contributed by atoms with van der Waals surface area (Å²) in [5, 5.41) is 7.12. The van der Waals surface area contributed by atoms with E-state index in [2.05, 4.69) is 33.8 Å². The average molecular weight is 456 g/mol. The Morgan fingerprint density at radius 1 is 1.10 bits per heavy atom. The van der Waals surface area contributed by atoms with Crippen LogP contribution in [0.3, 0.4) is 0 Å². The van der Waals surface area contributed by atoms with Crippen LogP contribution in [0.2, 0.25) is 0 Å². The lowest BCUT2D eigenvalue weighted by Gasteiger charge is -2.05. The molecule has 0 aliphatic heterocycles. The van der Waals surface area contributed by atoms with Crippen LogP contribution in [0, 0.1) is 0 Å². The van der Waals surface area contributed by atoms with Crippen molar-refractivity contribution in [1.29, 1.82) is 0 Å². The molecule has 3 rings (SSSR count). The molecule has 0 unspecified atom stereocenters. The second kappa shape index (κ2) is 9.25. The number of hydrogen-bond donors (Lipinski definition) is 2. The number of carbonyl (C=O) groups is 1. The van der Waals surface area contributed by atoms with Crippen molar-refractivity contribution in [3.8, 4) is 22.6 Å². The number of hydrogen-bond acceptors (Lipinski definition) is 6. The van der Waals surface area contributed by atoms with Crippen LogP contribution in [0.4, 0.5) is 13.2 Å². The average Bonchev–Trinajstić information content (AvgIpc) is 3.18. The monoisotopic (exact) mass is 456 g/mol. The zero-order valence-corrected chi connectivity index (χ0v) is 17.5. The Bertz CT molecular complexity index is 1170. The first-order valence-electron chi connectivity index (χ1n) is 8.76. The molecule has 0 fully saturated rings. The van der Waals surface area contributed by atoms with E-state index in [4.69, 9.17) is 9.90 Å². The van der Waals surface area contributed by atoms with Gasteiger partial charge < -0.3 is 10.1 Å². The lowest BCUT2D eigenvalue weighted by molar-refractivity contribution is -0.192. The van der Waals surface area contributed by atoms with Crippen molar-refractivity contribution in [3.63, 3.8) is 0 Å². The first kappa shape index (κ1) is 24.0. The zero-order chi connectivity index (χ0) is 23.4. The van der Waals surface area contributed by atoms with Crippen LogP contribution in [0.5, 0.6) is 0 Å². The molecule has 2 N–H and O–H groups in total. The molecule has 31 heavy (non-hydrogen) atoms. The summed E-state index contributed by atoms with van der Waals surface area (Å²) in [6.45, 7) is 4.17. The number of H-pyrrole nitrogens is 1. The molecule has 0 amide bonds. The van der Waals surface area contributed by atoms with E-state index < -0.39 is 22.0 Å². The SMILES string of the molecule is CC(C)c1cnc(-c2cc(-c3cncc(S(C)(=O)=O)c3)ccn2)[nH]1.O=C(O)C(F)(F)F. The van der Waals surface area contributed by atoms with Crippen molar-refractivity contribution < 1.29 is 31.5 Å². The number of nitrogens with one attached hydrogen (secondary N) is 1. The van der Waals surface area contributed by atoms with Gasteiger partial charge in [-0.15, -0.1) is 0 Å². The first-order chi connectivity index (χ1) is 14.3. The number of carboxylic acids is 1. The molecule has 166 valence electrons. The molecule has 0 spiro atoms. The molecule has 0 aromatic carbocycles. The maximum absolute atomic E-state index is 11.7. The Morgan fingerprint density at radius 2 is 1.74 bits per heavy atom. The molecule has 8 nitrogen and oxygen atoms in total. The molecular weight excluding hydrogens is 437 g/mol. The van der Waals surface area contributed by atoms with E-state index in [9.17, 15) is 21.6 Å². The maximum Gasteiger partial charge on any atom is 0.490 e. The van der Waals surface area contributed by atoms with E-state index in [0.717, 1.165) is 16.8 Å². The maximum atomic E-state index is 11.7. The van der Waals surface area contributed by atoms with Gasteiger partial charge in [-0.1, -0.05) is 13.8 Å². The summed E-state index contributed by atoms with van der Waals surface area (Å²) < 4.78 is 55.1. The minimum Gasteiger partial charge on any atom is -0.475 e. The molecule has 3 aromatic heterocycles. The molecule has 0 saturated carbocycles. The summed E-state index contributed by atoms with van der Waals surface area (Å²) in [6.07, 6.45) is 2.55. The third kappa shape index (κ3) is 6.60. The van der Waals surface area contributed by atoms with Crippen molar-refractivity contribution in [2.75, 3.05) is 6.26 Å². The quantitative estimate of drug-likeness (QED) is 0.613. The highest BCUT2D eigenvalue weighted by atomic mass is 32.2. The molecule has 0 bridgehead atoms. The number of aromatic nitrogens is 4. The Hall–Kier alpha value is -3.28. The minimum atomic E-state index is -5.08. The van der Waals surface area contributed by atoms with E-state index in [1.54, 1.807) is 24.7 Å². The molecule has 0 atom stereocenters. The zero-order valence-electron chi connectivity index (χ0n) is 16.7. The first-order valence-corrected chi connectivity index (χ1v) is 10.6. The Labute approximate surface area is 176 Å². The predicted octanol–water partition coefficient (Wildman–Crippen LogP) is 3.69. The fraction of sp³-hybridized carbons (Fsp3) is 0.263. The highest BCUT2D eigenvalue weighted by Gasteiger charge is 2.38. The van der Waals surface area contributed by atoms with Gasteiger partial charge in [-0.05, 0) is 29.7 Å². The van der Waals surface area contributed by atoms with Gasteiger partial charge in [0.2, 0.25) is 0 Å². The fourth-order valence-electron chi connectivity index (χ4n) is 2.28. The topological polar surface area (TPSA) is 126 Å². The van der Waals surface area contributed by atoms with E-state index in [-0.39, 0.29) is 4.90 Å². The number of aliphatic carboxylic acids is 1. The normalized spacial score (nSPS) is 11.7. The smallest absolute Gasteiger partial charge is 0.475 e. The number of halogens is 3. The third-order valence-electron chi connectivity index (χ3n) is 3.94. The number of pyridine rings is 2. The number of aromatic amines is 1. The number of nitrogens with zero attached hydrogens (tertiary/aromatic N) is 3. The van der Waals surface area contributed by atoms with E-state index in [1.807, 2.05) is 12.1 Å². The molecule has 0 aliphatic carbocycles. The summed E-state index contributed by atoms with van der Waals surface area (Å²) in [5.41, 5.74) is 3.29. The number of imidazole rings is 1. The minimum absolute atomic E-state index is 0.193. The third-order valence-corrected chi connectivity index (χ3v) is 5.02. The summed E-state index contributed by atoms with van der Waals surface area (Å²) >= 11 is 0. The van der Waals surface area contributed by atoms with E-state index >= 15 is 0 Å². The second-order valence-corrected chi connectivity index (χ2v) is 8.77. The van der Waals surface area contributed by atoms with Gasteiger partial charge in [-0.3, -0.25) is 9.97 Å². The van der Waals surface area contributed by atoms with Crippen LogP contribution >= 0.6 is 0 Å². The van der Waals surface area contributed by atoms with Gasteiger partial charge in [0, 0.05) is 42.3 Å². The Balaban J connectivity index is 0.000000423. The van der Waals surface area contributed by atoms with Crippen LogP contribution in [0.15, 0.2) is 47.9 Å². The number of sulfone groups is 1. The van der Waals surface area contributed by atoms with Crippen LogP contribution in [-0.2, 0) is 14.6 Å². The van der Waals surface area contributed by atoms with Gasteiger partial charge in [0.25, 0.3) is 0 Å². The van der Waals surface area contributed by atoms with Crippen LogP contribution in [0.25, 0.3) is 22.6 Å². The van der Waals surface area contributed by atoms with Crippen molar-refractivity contribution in [1.82, 2.24) is 19.9 Å². The van der Waals surface area contributed by atoms with Crippen molar-refractivity contribution in [3.05, 3.63) is 48.7 Å². The lowest BCUT2D eigenvalue weighted by Crippen LogP contribution is -2.21. The summed E-state index contributed by atoms with van der Waals surface area (Å²) in [6, 6.07) is 5.30. The Kier molecular flexibility index (Phi) is 7.16. The van der Waals surface area contributed by atoms with E-state index in [1.165, 1.54) is 12.5 Å². The van der Waals surface area contributed by atoms with Crippen molar-refractivity contribution in [2.45, 2.75) is 30.8 Å². The largest absolute Gasteiger partial charge is 0.490 e. The number of alkyl halides is 3. The van der Waals surface area contributed by atoms with Crippen LogP contribution in [-0.4, -0.2) is 51.9 Å². The molecule has 12 heteroatoms. The second-order valence-electron chi connectivity index (χ2n) is 6.76. The summed E-state index contributed by atoms with van der Waals surface area (Å²) in [7, 11) is -3.30. The van der Waals surface area contributed by atoms with Crippen LogP contribution in [0.1, 0.15) is 25.5 Å². The lowest BCUT2D eigenvalue weighted by atomic mass is 10.1. The number of rotatable bonds is 4. The van der Waals surface area contributed by atoms with Gasteiger partial charge in [-0.2, -0.15) is 13.2 Å². The van der Waals surface area contributed by atoms with E-state index in [0.29, 0.717) is 17.4 Å². The summed E-state index contributed by atoms with van der Waals surface area (Å²) in [5.74, 6) is -1.72. The highest BCUT2D eigenvalue weighted by Crippen LogP contribution is 2.25. The molecule has 0 radical (unpaired) electrons. The van der Waals surface area contributed by atoms with Crippen LogP contribution < -0.4 is 0 Å². The van der Waals surface area contributed by atoms with Gasteiger partial charge in [0.05, 0.1) is 4.90 Å². The summed E-state index contributed by atoms with van der Waals surface area (Å²) in [4.78, 5) is 25.1. The van der Waals surface area contributed by atoms with Gasteiger partial charge in [0.1, 0.15) is 5.69 Å². The van der Waals surface area contributed by atoms with Gasteiger partial charge in [0.15, 0.2) is 15.7 Å². The van der Waals surface area contributed by atoms with Gasteiger partial charge >= 0.3 is 12.1 Å². The molecule has 3 heterocycles. The van der Waals surface area contributed by atoms with Gasteiger partial charge in [-0.25, -0.2) is 18.2 Å². The van der Waals surface area contributed by atoms with Crippen molar-refractivity contribution in [2.24, 2.45) is 0 Å².